The number of nitrogens with two attached hydrogens (primary N) is 1. The number of hydrogen-bond acceptors (Lipinski definition) is 3. The second-order valence-electron chi connectivity index (χ2n) is 3.06. The average Bonchev–Trinajstić information content (AvgIpc) is 2.36. The third-order valence-electron chi connectivity index (χ3n) is 1.62. The first-order valence-electron chi connectivity index (χ1n) is 3.51. The topological polar surface area (TPSA) is 46.2 Å². The van der Waals surface area contributed by atoms with Crippen molar-refractivity contribution in [3.05, 3.63) is 21.9 Å². The number of rotatable bonds is 2. The van der Waals surface area contributed by atoms with Gasteiger partial charge in [-0.3, -0.25) is 0 Å². The molecule has 1 heterocycles. The first kappa shape index (κ1) is 8.71. The molecule has 0 aliphatic heterocycles. The van der Waals surface area contributed by atoms with E-state index in [0.29, 0.717) is 0 Å². The summed E-state index contributed by atoms with van der Waals surface area (Å²) in [7, 11) is 0. The van der Waals surface area contributed by atoms with Crippen molar-refractivity contribution in [2.45, 2.75) is 19.4 Å². The Labute approximate surface area is 70.7 Å². The van der Waals surface area contributed by atoms with Gasteiger partial charge in [0.1, 0.15) is 0 Å². The van der Waals surface area contributed by atoms with E-state index in [4.69, 9.17) is 10.8 Å². The van der Waals surface area contributed by atoms with E-state index in [0.717, 1.165) is 4.88 Å². The lowest BCUT2D eigenvalue weighted by molar-refractivity contribution is 0.212. The number of hydrogen-bond donors (Lipinski definition) is 2. The van der Waals surface area contributed by atoms with Crippen LogP contribution in [0.5, 0.6) is 0 Å². The van der Waals surface area contributed by atoms with Crippen LogP contribution >= 0.6 is 11.3 Å². The summed E-state index contributed by atoms with van der Waals surface area (Å²) in [5, 5.41) is 11.0. The molecule has 11 heavy (non-hydrogen) atoms. The molecule has 0 bridgehead atoms. The van der Waals surface area contributed by atoms with E-state index in [-0.39, 0.29) is 6.61 Å². The van der Waals surface area contributed by atoms with Crippen LogP contribution < -0.4 is 5.73 Å². The molecule has 0 aliphatic carbocycles. The highest BCUT2D eigenvalue weighted by molar-refractivity contribution is 7.10. The van der Waals surface area contributed by atoms with Gasteiger partial charge in [0.25, 0.3) is 0 Å². The lowest BCUT2D eigenvalue weighted by Gasteiger charge is -2.19. The van der Waals surface area contributed by atoms with E-state index >= 15 is 0 Å². The molecule has 0 saturated heterocycles. The van der Waals surface area contributed by atoms with Crippen molar-refractivity contribution in [1.82, 2.24) is 0 Å². The van der Waals surface area contributed by atoms with Crippen LogP contribution in [0.1, 0.15) is 17.4 Å². The van der Waals surface area contributed by atoms with Crippen molar-refractivity contribution < 1.29 is 5.11 Å². The van der Waals surface area contributed by atoms with E-state index in [2.05, 4.69) is 0 Å². The van der Waals surface area contributed by atoms with Gasteiger partial charge in [-0.25, -0.2) is 0 Å². The molecule has 1 aromatic heterocycles. The minimum atomic E-state index is -0.571. The largest absolute Gasteiger partial charge is 0.394 e. The molecule has 3 N–H and O–H groups in total. The molecule has 0 amide bonds. The number of aliphatic hydroxyl groups is 1. The van der Waals surface area contributed by atoms with Crippen LogP contribution in [-0.2, 0) is 5.54 Å². The number of aryl methyl sites for hydroxylation is 1. The van der Waals surface area contributed by atoms with Crippen molar-refractivity contribution in [2.75, 3.05) is 6.61 Å². The molecule has 0 aliphatic rings. The van der Waals surface area contributed by atoms with Gasteiger partial charge in [0.05, 0.1) is 12.1 Å². The Morgan fingerprint density at radius 3 is 2.73 bits per heavy atom. The fourth-order valence-electron chi connectivity index (χ4n) is 0.809. The Kier molecular flexibility index (Phi) is 2.32. The average molecular weight is 171 g/mol. The van der Waals surface area contributed by atoms with Crippen LogP contribution in [0.2, 0.25) is 0 Å². The summed E-state index contributed by atoms with van der Waals surface area (Å²) in [6, 6.07) is 2.01. The summed E-state index contributed by atoms with van der Waals surface area (Å²) in [6.07, 6.45) is 0. The van der Waals surface area contributed by atoms with Gasteiger partial charge in [0, 0.05) is 4.88 Å². The van der Waals surface area contributed by atoms with Gasteiger partial charge in [-0.1, -0.05) is 0 Å². The highest BCUT2D eigenvalue weighted by atomic mass is 32.1. The molecule has 62 valence electrons. The van der Waals surface area contributed by atoms with Crippen LogP contribution in [0.3, 0.4) is 0 Å². The first-order chi connectivity index (χ1) is 5.06. The fourth-order valence-corrected chi connectivity index (χ4v) is 1.78. The summed E-state index contributed by atoms with van der Waals surface area (Å²) in [5.41, 5.74) is 6.44. The smallest absolute Gasteiger partial charge is 0.0709 e. The Morgan fingerprint density at radius 1 is 1.73 bits per heavy atom. The predicted molar refractivity (Wildman–Crippen MR) is 47.7 cm³/mol. The zero-order valence-electron chi connectivity index (χ0n) is 6.79. The van der Waals surface area contributed by atoms with Crippen molar-refractivity contribution in [3.8, 4) is 0 Å². The van der Waals surface area contributed by atoms with Crippen molar-refractivity contribution in [3.63, 3.8) is 0 Å². The zero-order chi connectivity index (χ0) is 8.48. The molecule has 1 rings (SSSR count). The molecule has 1 atom stereocenters. The van der Waals surface area contributed by atoms with Crippen LogP contribution in [0, 0.1) is 6.92 Å². The summed E-state index contributed by atoms with van der Waals surface area (Å²) in [5.74, 6) is 0. The summed E-state index contributed by atoms with van der Waals surface area (Å²) in [6.45, 7) is 3.85. The molecule has 0 fully saturated rings. The van der Waals surface area contributed by atoms with Gasteiger partial charge in [-0.05, 0) is 30.9 Å². The summed E-state index contributed by atoms with van der Waals surface area (Å²) < 4.78 is 0. The maximum absolute atomic E-state index is 8.94. The van der Waals surface area contributed by atoms with Crippen LogP contribution in [0.15, 0.2) is 11.4 Å². The summed E-state index contributed by atoms with van der Waals surface area (Å²) >= 11 is 1.60. The van der Waals surface area contributed by atoms with Gasteiger partial charge in [-0.15, -0.1) is 11.3 Å². The monoisotopic (exact) mass is 171 g/mol. The fraction of sp³-hybridized carbons (Fsp3) is 0.500. The maximum Gasteiger partial charge on any atom is 0.0709 e. The van der Waals surface area contributed by atoms with E-state index in [1.165, 1.54) is 5.56 Å². The molecule has 0 aromatic carbocycles. The minimum absolute atomic E-state index is 0.00699. The molecular weight excluding hydrogens is 158 g/mol. The van der Waals surface area contributed by atoms with Gasteiger partial charge >= 0.3 is 0 Å². The van der Waals surface area contributed by atoms with Crippen LogP contribution in [0.25, 0.3) is 0 Å². The highest BCUT2D eigenvalue weighted by Crippen LogP contribution is 2.24. The van der Waals surface area contributed by atoms with Crippen LogP contribution in [0.4, 0.5) is 0 Å². The second kappa shape index (κ2) is 2.93. The second-order valence-corrected chi connectivity index (χ2v) is 3.98. The van der Waals surface area contributed by atoms with E-state index in [1.807, 2.05) is 25.3 Å². The van der Waals surface area contributed by atoms with Crippen molar-refractivity contribution in [1.29, 1.82) is 0 Å². The lowest BCUT2D eigenvalue weighted by atomic mass is 10.0. The van der Waals surface area contributed by atoms with Gasteiger partial charge < -0.3 is 10.8 Å². The van der Waals surface area contributed by atoms with Gasteiger partial charge in [0.2, 0.25) is 0 Å². The predicted octanol–water partition coefficient (Wildman–Crippen LogP) is 1.22. The van der Waals surface area contributed by atoms with Crippen molar-refractivity contribution >= 4 is 11.3 Å². The standard InChI is InChI=1S/C8H13NOS/c1-6-3-7(11-4-6)8(2,9)5-10/h3-4,10H,5,9H2,1-2H3. The molecule has 3 heteroatoms. The Hall–Kier alpha value is -0.380. The Bertz CT molecular complexity index is 242. The van der Waals surface area contributed by atoms with E-state index < -0.39 is 5.54 Å². The molecular formula is C8H13NOS. The quantitative estimate of drug-likeness (QED) is 0.703. The minimum Gasteiger partial charge on any atom is -0.394 e. The maximum atomic E-state index is 8.94. The molecule has 0 radical (unpaired) electrons. The number of thiophene rings is 1. The molecule has 0 saturated carbocycles. The third kappa shape index (κ3) is 1.80. The summed E-state index contributed by atoms with van der Waals surface area (Å²) in [4.78, 5) is 1.04. The van der Waals surface area contributed by atoms with Crippen molar-refractivity contribution in [2.24, 2.45) is 5.73 Å². The Balaban J connectivity index is 2.92. The zero-order valence-corrected chi connectivity index (χ0v) is 7.61. The highest BCUT2D eigenvalue weighted by Gasteiger charge is 2.21. The normalized spacial score (nSPS) is 16.4. The number of aliphatic hydroxyl groups excluding tert-OH is 1. The third-order valence-corrected chi connectivity index (χ3v) is 2.95. The van der Waals surface area contributed by atoms with E-state index in [9.17, 15) is 0 Å². The lowest BCUT2D eigenvalue weighted by Crippen LogP contribution is -2.35. The molecule has 2 nitrogen and oxygen atoms in total. The van der Waals surface area contributed by atoms with Crippen LogP contribution in [-0.4, -0.2) is 11.7 Å². The van der Waals surface area contributed by atoms with Gasteiger partial charge in [0.15, 0.2) is 0 Å². The molecule has 0 spiro atoms. The molecule has 1 aromatic rings. The van der Waals surface area contributed by atoms with Gasteiger partial charge in [-0.2, -0.15) is 0 Å². The first-order valence-corrected chi connectivity index (χ1v) is 4.39. The molecule has 1 unspecified atom stereocenters. The van der Waals surface area contributed by atoms with E-state index in [1.54, 1.807) is 11.3 Å². The Morgan fingerprint density at radius 2 is 2.36 bits per heavy atom. The SMILES string of the molecule is Cc1csc(C(C)(N)CO)c1.